The van der Waals surface area contributed by atoms with Crippen molar-refractivity contribution in [1.82, 2.24) is 15.1 Å². The molecule has 1 unspecified atom stereocenters. The fraction of sp³-hybridized carbons (Fsp3) is 0.471. The minimum atomic E-state index is -0.948. The van der Waals surface area contributed by atoms with Crippen molar-refractivity contribution in [2.45, 2.75) is 18.9 Å². The highest BCUT2D eigenvalue weighted by atomic mass is 16.5. The van der Waals surface area contributed by atoms with Gasteiger partial charge in [0.25, 0.3) is 5.91 Å². The van der Waals surface area contributed by atoms with Crippen LogP contribution < -0.4 is 10.1 Å². The van der Waals surface area contributed by atoms with Crippen LogP contribution >= 0.6 is 0 Å². The van der Waals surface area contributed by atoms with Gasteiger partial charge in [0.05, 0.1) is 6.42 Å². The lowest BCUT2D eigenvalue weighted by molar-refractivity contribution is -0.137. The number of hydrogen-bond donors (Lipinski definition) is 2. The number of aliphatic carboxylic acids is 1. The van der Waals surface area contributed by atoms with Crippen LogP contribution in [-0.2, 0) is 9.59 Å². The van der Waals surface area contributed by atoms with Crippen LogP contribution in [0, 0.1) is 0 Å². The third kappa shape index (κ3) is 5.98. The SMILES string of the molecule is CN(CCC(=O)O)C(=O)NC1CCN(C(=O)COc2ccccc2)C1. The number of nitrogens with one attached hydrogen (secondary N) is 1. The maximum atomic E-state index is 12.2. The highest BCUT2D eigenvalue weighted by Gasteiger charge is 2.28. The maximum absolute atomic E-state index is 12.2. The first kappa shape index (κ1) is 18.6. The zero-order chi connectivity index (χ0) is 18.2. The first-order valence-corrected chi connectivity index (χ1v) is 8.14. The zero-order valence-electron chi connectivity index (χ0n) is 14.2. The number of nitrogens with zero attached hydrogens (tertiary/aromatic N) is 2. The smallest absolute Gasteiger partial charge is 0.317 e. The quantitative estimate of drug-likeness (QED) is 0.758. The maximum Gasteiger partial charge on any atom is 0.317 e. The summed E-state index contributed by atoms with van der Waals surface area (Å²) in [5.74, 6) is -0.435. The van der Waals surface area contributed by atoms with Gasteiger partial charge in [0, 0.05) is 32.7 Å². The highest BCUT2D eigenvalue weighted by Crippen LogP contribution is 2.12. The van der Waals surface area contributed by atoms with Gasteiger partial charge in [-0.05, 0) is 18.6 Å². The van der Waals surface area contributed by atoms with Gasteiger partial charge in [-0.3, -0.25) is 9.59 Å². The average molecular weight is 349 g/mol. The van der Waals surface area contributed by atoms with Crippen molar-refractivity contribution < 1.29 is 24.2 Å². The van der Waals surface area contributed by atoms with E-state index in [4.69, 9.17) is 9.84 Å². The van der Waals surface area contributed by atoms with E-state index in [9.17, 15) is 14.4 Å². The molecule has 0 radical (unpaired) electrons. The molecule has 2 N–H and O–H groups in total. The van der Waals surface area contributed by atoms with Gasteiger partial charge in [0.1, 0.15) is 5.75 Å². The largest absolute Gasteiger partial charge is 0.484 e. The van der Waals surface area contributed by atoms with Gasteiger partial charge in [0.2, 0.25) is 0 Å². The van der Waals surface area contributed by atoms with Crippen molar-refractivity contribution in [3.8, 4) is 5.75 Å². The molecule has 1 atom stereocenters. The number of urea groups is 1. The number of carbonyl (C=O) groups excluding carboxylic acids is 2. The van der Waals surface area contributed by atoms with Gasteiger partial charge >= 0.3 is 12.0 Å². The number of carboxylic acids is 1. The third-order valence-corrected chi connectivity index (χ3v) is 3.98. The normalized spacial score (nSPS) is 16.4. The molecule has 1 saturated heterocycles. The van der Waals surface area contributed by atoms with E-state index in [1.165, 1.54) is 4.90 Å². The number of amides is 3. The van der Waals surface area contributed by atoms with Crippen LogP contribution in [-0.4, -0.2) is 72.1 Å². The minimum absolute atomic E-state index is 0.0385. The molecule has 1 heterocycles. The molecule has 1 aromatic rings. The molecule has 8 heteroatoms. The molecule has 8 nitrogen and oxygen atoms in total. The lowest BCUT2D eigenvalue weighted by Crippen LogP contribution is -2.45. The average Bonchev–Trinajstić information content (AvgIpc) is 3.07. The van der Waals surface area contributed by atoms with Crippen LogP contribution in [0.4, 0.5) is 4.79 Å². The summed E-state index contributed by atoms with van der Waals surface area (Å²) in [6.45, 7) is 1.08. The van der Waals surface area contributed by atoms with E-state index in [1.54, 1.807) is 24.1 Å². The second-order valence-electron chi connectivity index (χ2n) is 5.94. The number of hydrogen-bond acceptors (Lipinski definition) is 4. The Bertz CT molecular complexity index is 608. The fourth-order valence-electron chi connectivity index (χ4n) is 2.51. The summed E-state index contributed by atoms with van der Waals surface area (Å²) < 4.78 is 5.45. The van der Waals surface area contributed by atoms with Crippen LogP contribution in [0.1, 0.15) is 12.8 Å². The second-order valence-corrected chi connectivity index (χ2v) is 5.94. The Morgan fingerprint density at radius 1 is 1.32 bits per heavy atom. The van der Waals surface area contributed by atoms with Crippen LogP contribution in [0.25, 0.3) is 0 Å². The van der Waals surface area contributed by atoms with Gasteiger partial charge < -0.3 is 25.0 Å². The van der Waals surface area contributed by atoms with Gasteiger partial charge in [0.15, 0.2) is 6.61 Å². The lowest BCUT2D eigenvalue weighted by atomic mass is 10.3. The standard InChI is InChI=1S/C17H23N3O5/c1-19(9-8-16(22)23)17(24)18-13-7-10-20(11-13)15(21)12-25-14-5-3-2-4-6-14/h2-6,13H,7-12H2,1H3,(H,18,24)(H,22,23). The first-order chi connectivity index (χ1) is 12.0. The summed E-state index contributed by atoms with van der Waals surface area (Å²) >= 11 is 0. The van der Waals surface area contributed by atoms with Gasteiger partial charge in [-0.25, -0.2) is 4.79 Å². The van der Waals surface area contributed by atoms with Crippen molar-refractivity contribution in [2.75, 3.05) is 33.3 Å². The molecular weight excluding hydrogens is 326 g/mol. The van der Waals surface area contributed by atoms with Crippen LogP contribution in [0.3, 0.4) is 0 Å². The number of rotatable bonds is 7. The predicted octanol–water partition coefficient (Wildman–Crippen LogP) is 0.782. The topological polar surface area (TPSA) is 99.2 Å². The summed E-state index contributed by atoms with van der Waals surface area (Å²) in [5.41, 5.74) is 0. The molecule has 2 rings (SSSR count). The Morgan fingerprint density at radius 3 is 2.72 bits per heavy atom. The van der Waals surface area contributed by atoms with Crippen molar-refractivity contribution in [3.05, 3.63) is 30.3 Å². The number of para-hydroxylation sites is 1. The summed E-state index contributed by atoms with van der Waals surface area (Å²) in [7, 11) is 1.55. The summed E-state index contributed by atoms with van der Waals surface area (Å²) in [6, 6.07) is 8.64. The third-order valence-electron chi connectivity index (χ3n) is 3.98. The molecule has 0 aromatic heterocycles. The molecule has 1 aromatic carbocycles. The zero-order valence-corrected chi connectivity index (χ0v) is 14.2. The molecular formula is C17H23N3O5. The Morgan fingerprint density at radius 2 is 2.04 bits per heavy atom. The van der Waals surface area contributed by atoms with Gasteiger partial charge in [-0.2, -0.15) is 0 Å². The van der Waals surface area contributed by atoms with E-state index >= 15 is 0 Å². The molecule has 25 heavy (non-hydrogen) atoms. The lowest BCUT2D eigenvalue weighted by Gasteiger charge is -2.21. The monoisotopic (exact) mass is 349 g/mol. The van der Waals surface area contributed by atoms with E-state index in [0.29, 0.717) is 25.3 Å². The first-order valence-electron chi connectivity index (χ1n) is 8.14. The molecule has 1 aliphatic rings. The number of carbonyl (C=O) groups is 3. The molecule has 0 saturated carbocycles. The van der Waals surface area contributed by atoms with E-state index in [0.717, 1.165) is 0 Å². The van der Waals surface area contributed by atoms with Crippen LogP contribution in [0.15, 0.2) is 30.3 Å². The fourth-order valence-corrected chi connectivity index (χ4v) is 2.51. The van der Waals surface area contributed by atoms with Crippen molar-refractivity contribution in [1.29, 1.82) is 0 Å². The molecule has 0 bridgehead atoms. The molecule has 0 aliphatic carbocycles. The Kier molecular flexibility index (Phi) is 6.62. The molecule has 1 aliphatic heterocycles. The number of carboxylic acid groups (broad SMARTS) is 1. The Labute approximate surface area is 146 Å². The van der Waals surface area contributed by atoms with Gasteiger partial charge in [-0.15, -0.1) is 0 Å². The molecule has 0 spiro atoms. The van der Waals surface area contributed by atoms with Crippen molar-refractivity contribution in [2.24, 2.45) is 0 Å². The highest BCUT2D eigenvalue weighted by molar-refractivity contribution is 5.79. The summed E-state index contributed by atoms with van der Waals surface area (Å²) in [4.78, 5) is 37.7. The predicted molar refractivity (Wildman–Crippen MR) is 90.3 cm³/mol. The van der Waals surface area contributed by atoms with E-state index in [-0.39, 0.29) is 37.6 Å². The van der Waals surface area contributed by atoms with Crippen molar-refractivity contribution in [3.63, 3.8) is 0 Å². The summed E-state index contributed by atoms with van der Waals surface area (Å²) in [5, 5.41) is 11.5. The second kappa shape index (κ2) is 8.91. The van der Waals surface area contributed by atoms with E-state index in [2.05, 4.69) is 5.32 Å². The number of likely N-dealkylation sites (tertiary alicyclic amines) is 1. The van der Waals surface area contributed by atoms with Crippen LogP contribution in [0.5, 0.6) is 5.75 Å². The van der Waals surface area contributed by atoms with Crippen molar-refractivity contribution >= 4 is 17.9 Å². The Balaban J connectivity index is 1.72. The number of ether oxygens (including phenoxy) is 1. The molecule has 1 fully saturated rings. The summed E-state index contributed by atoms with van der Waals surface area (Å²) in [6.07, 6.45) is 0.561. The molecule has 3 amide bonds. The molecule has 136 valence electrons. The van der Waals surface area contributed by atoms with E-state index in [1.807, 2.05) is 18.2 Å². The Hall–Kier alpha value is -2.77. The minimum Gasteiger partial charge on any atom is -0.484 e. The number of benzene rings is 1. The van der Waals surface area contributed by atoms with E-state index < -0.39 is 5.97 Å². The van der Waals surface area contributed by atoms with Gasteiger partial charge in [-0.1, -0.05) is 18.2 Å². The van der Waals surface area contributed by atoms with Crippen LogP contribution in [0.2, 0.25) is 0 Å².